The van der Waals surface area contributed by atoms with Crippen molar-refractivity contribution in [3.05, 3.63) is 53.2 Å². The van der Waals surface area contributed by atoms with Crippen molar-refractivity contribution in [1.29, 1.82) is 0 Å². The zero-order chi connectivity index (χ0) is 14.4. The van der Waals surface area contributed by atoms with Gasteiger partial charge in [0.2, 0.25) is 5.88 Å². The van der Waals surface area contributed by atoms with E-state index in [0.717, 1.165) is 36.4 Å². The number of aromatic nitrogens is 1. The second kappa shape index (κ2) is 7.06. The molecule has 20 heavy (non-hydrogen) atoms. The molecule has 0 aliphatic heterocycles. The first-order chi connectivity index (χ1) is 9.70. The van der Waals surface area contributed by atoms with E-state index in [-0.39, 0.29) is 0 Å². The van der Waals surface area contributed by atoms with Gasteiger partial charge in [0.25, 0.3) is 0 Å². The minimum atomic E-state index is 0.679. The van der Waals surface area contributed by atoms with Crippen molar-refractivity contribution in [2.45, 2.75) is 33.7 Å². The molecular formula is C17H22N2O. The molecule has 106 valence electrons. The standard InChI is InChI=1S/C17H22N2O/c1-4-9-18-11-15-10-14(3)17(19-12-15)20-16-8-6-5-7-13(16)2/h5-8,10,12,18H,4,9,11H2,1-3H3. The molecule has 0 bridgehead atoms. The Bertz CT molecular complexity index is 567. The van der Waals surface area contributed by atoms with Crippen LogP contribution in [0.15, 0.2) is 36.5 Å². The number of benzene rings is 1. The molecule has 3 nitrogen and oxygen atoms in total. The lowest BCUT2D eigenvalue weighted by Gasteiger charge is -2.11. The summed E-state index contributed by atoms with van der Waals surface area (Å²) in [7, 11) is 0. The minimum Gasteiger partial charge on any atom is -0.438 e. The maximum Gasteiger partial charge on any atom is 0.222 e. The minimum absolute atomic E-state index is 0.679. The summed E-state index contributed by atoms with van der Waals surface area (Å²) >= 11 is 0. The first-order valence-corrected chi connectivity index (χ1v) is 7.10. The third-order valence-electron chi connectivity index (χ3n) is 3.14. The number of aryl methyl sites for hydroxylation is 2. The van der Waals surface area contributed by atoms with Crippen molar-refractivity contribution in [2.24, 2.45) is 0 Å². The molecule has 1 aromatic heterocycles. The highest BCUT2D eigenvalue weighted by molar-refractivity contribution is 5.37. The van der Waals surface area contributed by atoms with Crippen LogP contribution in [0.1, 0.15) is 30.0 Å². The Morgan fingerprint density at radius 1 is 1.15 bits per heavy atom. The van der Waals surface area contributed by atoms with Crippen molar-refractivity contribution < 1.29 is 4.74 Å². The van der Waals surface area contributed by atoms with Crippen LogP contribution in [-0.2, 0) is 6.54 Å². The molecule has 1 N–H and O–H groups in total. The van der Waals surface area contributed by atoms with Crippen LogP contribution in [0.25, 0.3) is 0 Å². The van der Waals surface area contributed by atoms with E-state index in [0.29, 0.717) is 5.88 Å². The summed E-state index contributed by atoms with van der Waals surface area (Å²) in [5, 5.41) is 3.38. The Balaban J connectivity index is 2.08. The quantitative estimate of drug-likeness (QED) is 0.806. The summed E-state index contributed by atoms with van der Waals surface area (Å²) in [6, 6.07) is 10.1. The highest BCUT2D eigenvalue weighted by Gasteiger charge is 2.06. The van der Waals surface area contributed by atoms with Crippen LogP contribution in [0.5, 0.6) is 11.6 Å². The molecule has 0 fully saturated rings. The summed E-state index contributed by atoms with van der Waals surface area (Å²) in [5.41, 5.74) is 3.36. The predicted molar refractivity (Wildman–Crippen MR) is 82.2 cm³/mol. The summed E-state index contributed by atoms with van der Waals surface area (Å²) < 4.78 is 5.89. The third-order valence-corrected chi connectivity index (χ3v) is 3.14. The normalized spacial score (nSPS) is 10.6. The molecule has 0 aliphatic rings. The van der Waals surface area contributed by atoms with Gasteiger partial charge in [0, 0.05) is 18.3 Å². The SMILES string of the molecule is CCCNCc1cnc(Oc2ccccc2C)c(C)c1. The molecule has 0 spiro atoms. The summed E-state index contributed by atoms with van der Waals surface area (Å²) in [6.45, 7) is 8.11. The van der Waals surface area contributed by atoms with E-state index in [1.54, 1.807) is 0 Å². The molecule has 0 radical (unpaired) electrons. The van der Waals surface area contributed by atoms with E-state index in [2.05, 4.69) is 23.3 Å². The largest absolute Gasteiger partial charge is 0.438 e. The Hall–Kier alpha value is -1.87. The zero-order valence-corrected chi connectivity index (χ0v) is 12.4. The average molecular weight is 270 g/mol. The molecule has 0 saturated carbocycles. The molecule has 2 rings (SSSR count). The van der Waals surface area contributed by atoms with Crippen molar-refractivity contribution >= 4 is 0 Å². The van der Waals surface area contributed by atoms with E-state index in [1.807, 2.05) is 44.3 Å². The van der Waals surface area contributed by atoms with Gasteiger partial charge in [0.1, 0.15) is 5.75 Å². The summed E-state index contributed by atoms with van der Waals surface area (Å²) in [5.74, 6) is 1.54. The van der Waals surface area contributed by atoms with Gasteiger partial charge in [-0.2, -0.15) is 0 Å². The molecule has 0 amide bonds. The van der Waals surface area contributed by atoms with Crippen LogP contribution < -0.4 is 10.1 Å². The van der Waals surface area contributed by atoms with Crippen LogP contribution in [0.4, 0.5) is 0 Å². The van der Waals surface area contributed by atoms with Gasteiger partial charge in [-0.15, -0.1) is 0 Å². The van der Waals surface area contributed by atoms with Crippen LogP contribution in [0, 0.1) is 13.8 Å². The van der Waals surface area contributed by atoms with Gasteiger partial charge in [-0.25, -0.2) is 4.98 Å². The Labute approximate surface area is 121 Å². The first kappa shape index (κ1) is 14.5. The van der Waals surface area contributed by atoms with Crippen molar-refractivity contribution in [2.75, 3.05) is 6.54 Å². The van der Waals surface area contributed by atoms with Crippen LogP contribution >= 0.6 is 0 Å². The molecule has 1 aromatic carbocycles. The lowest BCUT2D eigenvalue weighted by Crippen LogP contribution is -2.14. The number of para-hydroxylation sites is 1. The zero-order valence-electron chi connectivity index (χ0n) is 12.4. The van der Waals surface area contributed by atoms with Crippen molar-refractivity contribution in [3.8, 4) is 11.6 Å². The highest BCUT2D eigenvalue weighted by atomic mass is 16.5. The Morgan fingerprint density at radius 2 is 1.95 bits per heavy atom. The number of pyridine rings is 1. The fourth-order valence-corrected chi connectivity index (χ4v) is 2.01. The van der Waals surface area contributed by atoms with E-state index >= 15 is 0 Å². The maximum atomic E-state index is 5.89. The van der Waals surface area contributed by atoms with E-state index in [9.17, 15) is 0 Å². The van der Waals surface area contributed by atoms with Crippen LogP contribution in [0.3, 0.4) is 0 Å². The fourth-order valence-electron chi connectivity index (χ4n) is 2.01. The maximum absolute atomic E-state index is 5.89. The number of ether oxygens (including phenoxy) is 1. The van der Waals surface area contributed by atoms with Gasteiger partial charge >= 0.3 is 0 Å². The summed E-state index contributed by atoms with van der Waals surface area (Å²) in [6.07, 6.45) is 3.02. The van der Waals surface area contributed by atoms with E-state index < -0.39 is 0 Å². The van der Waals surface area contributed by atoms with E-state index in [1.165, 1.54) is 5.56 Å². The number of nitrogens with zero attached hydrogens (tertiary/aromatic N) is 1. The fraction of sp³-hybridized carbons (Fsp3) is 0.353. The van der Waals surface area contributed by atoms with Gasteiger partial charge < -0.3 is 10.1 Å². The molecule has 0 unspecified atom stereocenters. The summed E-state index contributed by atoms with van der Waals surface area (Å²) in [4.78, 5) is 4.43. The monoisotopic (exact) mass is 270 g/mol. The van der Waals surface area contributed by atoms with E-state index in [4.69, 9.17) is 4.74 Å². The highest BCUT2D eigenvalue weighted by Crippen LogP contribution is 2.25. The topological polar surface area (TPSA) is 34.2 Å². The number of hydrogen-bond donors (Lipinski definition) is 1. The average Bonchev–Trinajstić information content (AvgIpc) is 2.44. The Morgan fingerprint density at radius 3 is 2.65 bits per heavy atom. The van der Waals surface area contributed by atoms with Crippen molar-refractivity contribution in [3.63, 3.8) is 0 Å². The molecule has 3 heteroatoms. The molecule has 0 aliphatic carbocycles. The molecule has 0 atom stereocenters. The smallest absolute Gasteiger partial charge is 0.222 e. The molecule has 2 aromatic rings. The van der Waals surface area contributed by atoms with Gasteiger partial charge in [-0.3, -0.25) is 0 Å². The van der Waals surface area contributed by atoms with Crippen molar-refractivity contribution in [1.82, 2.24) is 10.3 Å². The number of hydrogen-bond acceptors (Lipinski definition) is 3. The number of rotatable bonds is 6. The predicted octanol–water partition coefficient (Wildman–Crippen LogP) is 3.99. The second-order valence-electron chi connectivity index (χ2n) is 5.01. The molecule has 0 saturated heterocycles. The molecular weight excluding hydrogens is 248 g/mol. The Kier molecular flexibility index (Phi) is 5.13. The van der Waals surface area contributed by atoms with Gasteiger partial charge in [-0.1, -0.05) is 25.1 Å². The van der Waals surface area contributed by atoms with Gasteiger partial charge in [0.05, 0.1) is 0 Å². The van der Waals surface area contributed by atoms with Crippen LogP contribution in [0.2, 0.25) is 0 Å². The number of nitrogens with one attached hydrogen (secondary N) is 1. The lowest BCUT2D eigenvalue weighted by molar-refractivity contribution is 0.455. The second-order valence-corrected chi connectivity index (χ2v) is 5.01. The lowest BCUT2D eigenvalue weighted by atomic mass is 10.2. The van der Waals surface area contributed by atoms with Gasteiger partial charge in [0.15, 0.2) is 0 Å². The molecule has 1 heterocycles. The van der Waals surface area contributed by atoms with Gasteiger partial charge in [-0.05, 0) is 50.1 Å². The first-order valence-electron chi connectivity index (χ1n) is 7.10. The van der Waals surface area contributed by atoms with Crippen LogP contribution in [-0.4, -0.2) is 11.5 Å². The third kappa shape index (κ3) is 3.81.